The number of ether oxygens (including phenoxy) is 2. The summed E-state index contributed by atoms with van der Waals surface area (Å²) < 4.78 is 45.9. The second-order valence-corrected chi connectivity index (χ2v) is 13.1. The second-order valence-electron chi connectivity index (χ2n) is 13.1. The summed E-state index contributed by atoms with van der Waals surface area (Å²) in [6.45, 7) is 13.0. The largest absolute Gasteiger partial charge is 0.496 e. The van der Waals surface area contributed by atoms with E-state index in [1.54, 1.807) is 68.0 Å². The molecule has 1 amide bonds. The highest BCUT2D eigenvalue weighted by molar-refractivity contribution is 5.96. The van der Waals surface area contributed by atoms with Crippen molar-refractivity contribution in [2.24, 2.45) is 0 Å². The molecule has 2 aromatic carbocycles. The van der Waals surface area contributed by atoms with E-state index >= 15 is 8.78 Å². The molecule has 10 nitrogen and oxygen atoms in total. The number of nitrogens with zero attached hydrogens (tertiary/aromatic N) is 5. The van der Waals surface area contributed by atoms with Crippen LogP contribution in [0.15, 0.2) is 41.3 Å². The molecule has 3 heterocycles. The molecule has 5 rings (SSSR count). The topological polar surface area (TPSA) is 110 Å². The maximum atomic E-state index is 17.3. The van der Waals surface area contributed by atoms with E-state index in [0.717, 1.165) is 0 Å². The van der Waals surface area contributed by atoms with E-state index in [2.05, 4.69) is 9.97 Å². The van der Waals surface area contributed by atoms with Crippen molar-refractivity contribution in [3.05, 3.63) is 75.5 Å². The van der Waals surface area contributed by atoms with Crippen molar-refractivity contribution >= 4 is 22.8 Å². The first-order valence-corrected chi connectivity index (χ1v) is 15.6. The van der Waals surface area contributed by atoms with Crippen molar-refractivity contribution in [2.75, 3.05) is 31.6 Å². The molecule has 0 saturated carbocycles. The molecule has 12 heteroatoms. The summed E-state index contributed by atoms with van der Waals surface area (Å²) in [5.41, 5.74) is -0.242. The third-order valence-corrected chi connectivity index (χ3v) is 8.28. The van der Waals surface area contributed by atoms with Crippen molar-refractivity contribution in [3.63, 3.8) is 0 Å². The number of fused-ring (bicyclic) bond motifs is 1. The Morgan fingerprint density at radius 2 is 1.87 bits per heavy atom. The fourth-order valence-electron chi connectivity index (χ4n) is 6.16. The van der Waals surface area contributed by atoms with E-state index in [0.29, 0.717) is 16.9 Å². The zero-order chi connectivity index (χ0) is 34.4. The van der Waals surface area contributed by atoms with Crippen LogP contribution < -0.4 is 15.3 Å². The number of benzene rings is 2. The van der Waals surface area contributed by atoms with Gasteiger partial charge in [0.25, 0.3) is 0 Å². The Morgan fingerprint density at radius 1 is 1.15 bits per heavy atom. The van der Waals surface area contributed by atoms with Crippen molar-refractivity contribution in [1.82, 2.24) is 19.4 Å². The Hall–Kier alpha value is -4.58. The summed E-state index contributed by atoms with van der Waals surface area (Å²) in [7, 11) is 1.38. The summed E-state index contributed by atoms with van der Waals surface area (Å²) in [6.07, 6.45) is 1.16. The third kappa shape index (κ3) is 6.26. The van der Waals surface area contributed by atoms with Gasteiger partial charge in [-0.1, -0.05) is 26.0 Å². The minimum absolute atomic E-state index is 0.0399. The quantitative estimate of drug-likeness (QED) is 0.267. The lowest BCUT2D eigenvalue weighted by Gasteiger charge is -2.41. The zero-order valence-electron chi connectivity index (χ0n) is 28.0. The highest BCUT2D eigenvalue weighted by Gasteiger charge is 2.34. The summed E-state index contributed by atoms with van der Waals surface area (Å²) in [6, 6.07) is 7.24. The van der Waals surface area contributed by atoms with Crippen molar-refractivity contribution < 1.29 is 28.2 Å². The van der Waals surface area contributed by atoms with Crippen LogP contribution in [0.25, 0.3) is 27.7 Å². The Morgan fingerprint density at radius 3 is 2.49 bits per heavy atom. The van der Waals surface area contributed by atoms with Gasteiger partial charge in [-0.25, -0.2) is 18.4 Å². The number of aryl methyl sites for hydroxylation is 1. The van der Waals surface area contributed by atoms with E-state index in [9.17, 15) is 14.7 Å². The molecule has 47 heavy (non-hydrogen) atoms. The number of hydrogen-bond acceptors (Lipinski definition) is 8. The molecule has 0 bridgehead atoms. The summed E-state index contributed by atoms with van der Waals surface area (Å²) >= 11 is 0. The first kappa shape index (κ1) is 33.8. The van der Waals surface area contributed by atoms with Crippen LogP contribution in [0.2, 0.25) is 0 Å². The molecule has 4 aromatic rings. The summed E-state index contributed by atoms with van der Waals surface area (Å²) in [5.74, 6) is -1.83. The number of carbonyl (C=O) groups excluding carboxylic acids is 1. The Bertz CT molecular complexity index is 1880. The van der Waals surface area contributed by atoms with Gasteiger partial charge >= 0.3 is 11.8 Å². The SMILES string of the molecule is COc1cccc(CO)c1-c1c(F)cc2c(N3CCN(C(=O)OC(C)(C)C)C[C@@H]3C)nc(=O)n(-c3c(C)ccnc3C(C)C)c2c1F. The molecule has 250 valence electrons. The molecule has 0 aliphatic carbocycles. The Labute approximate surface area is 272 Å². The van der Waals surface area contributed by atoms with Gasteiger partial charge in [0.05, 0.1) is 36.2 Å². The second kappa shape index (κ2) is 12.9. The first-order chi connectivity index (χ1) is 22.2. The highest BCUT2D eigenvalue weighted by Crippen LogP contribution is 2.42. The number of rotatable bonds is 6. The van der Waals surface area contributed by atoms with Crippen LogP contribution in [0.3, 0.4) is 0 Å². The first-order valence-electron chi connectivity index (χ1n) is 15.6. The number of aliphatic hydroxyl groups is 1. The van der Waals surface area contributed by atoms with Gasteiger partial charge in [-0.15, -0.1) is 0 Å². The lowest BCUT2D eigenvalue weighted by atomic mass is 9.95. The number of piperazine rings is 1. The molecular formula is C35H41F2N5O5. The van der Waals surface area contributed by atoms with Crippen LogP contribution >= 0.6 is 0 Å². The number of carbonyl (C=O) groups is 1. The molecule has 0 spiro atoms. The molecule has 1 atom stereocenters. The van der Waals surface area contributed by atoms with E-state index in [4.69, 9.17) is 9.47 Å². The zero-order valence-corrected chi connectivity index (χ0v) is 28.0. The lowest BCUT2D eigenvalue weighted by molar-refractivity contribution is 0.0218. The Kier molecular flexibility index (Phi) is 9.27. The average molecular weight is 650 g/mol. The molecule has 1 aliphatic heterocycles. The van der Waals surface area contributed by atoms with Gasteiger partial charge in [0.15, 0.2) is 5.82 Å². The van der Waals surface area contributed by atoms with Crippen LogP contribution in [-0.4, -0.2) is 69.0 Å². The molecule has 2 aromatic heterocycles. The van der Waals surface area contributed by atoms with Gasteiger partial charge in [-0.2, -0.15) is 4.98 Å². The van der Waals surface area contributed by atoms with Gasteiger partial charge < -0.3 is 24.4 Å². The van der Waals surface area contributed by atoms with E-state index in [1.165, 1.54) is 17.7 Å². The maximum absolute atomic E-state index is 17.3. The summed E-state index contributed by atoms with van der Waals surface area (Å²) in [5, 5.41) is 10.2. The predicted octanol–water partition coefficient (Wildman–Crippen LogP) is 6.10. The molecular weight excluding hydrogens is 608 g/mol. The van der Waals surface area contributed by atoms with E-state index < -0.39 is 41.2 Å². The fraction of sp³-hybridized carbons (Fsp3) is 0.429. The molecule has 1 saturated heterocycles. The number of anilines is 1. The number of aliphatic hydroxyl groups excluding tert-OH is 1. The number of aromatic nitrogens is 3. The van der Waals surface area contributed by atoms with Gasteiger partial charge in [0.2, 0.25) is 0 Å². The van der Waals surface area contributed by atoms with Crippen LogP contribution in [0.5, 0.6) is 5.75 Å². The molecule has 1 N–H and O–H groups in total. The molecule has 0 radical (unpaired) electrons. The van der Waals surface area contributed by atoms with Gasteiger partial charge in [-0.05, 0) is 69.9 Å². The highest BCUT2D eigenvalue weighted by atomic mass is 19.1. The minimum atomic E-state index is -1.02. The van der Waals surface area contributed by atoms with Gasteiger partial charge in [-0.3, -0.25) is 9.55 Å². The van der Waals surface area contributed by atoms with Crippen LogP contribution in [0.1, 0.15) is 64.3 Å². The normalized spacial score (nSPS) is 15.4. The van der Waals surface area contributed by atoms with Crippen LogP contribution in [-0.2, 0) is 11.3 Å². The fourth-order valence-corrected chi connectivity index (χ4v) is 6.16. The molecule has 1 fully saturated rings. The number of pyridine rings is 1. The van der Waals surface area contributed by atoms with Gasteiger partial charge in [0, 0.05) is 42.8 Å². The Balaban J connectivity index is 1.81. The van der Waals surface area contributed by atoms with Crippen molar-refractivity contribution in [1.29, 1.82) is 0 Å². The maximum Gasteiger partial charge on any atom is 0.410 e. The lowest BCUT2D eigenvalue weighted by Crippen LogP contribution is -2.55. The monoisotopic (exact) mass is 649 g/mol. The number of methoxy groups -OCH3 is 1. The number of hydrogen-bond donors (Lipinski definition) is 1. The number of halogens is 2. The smallest absolute Gasteiger partial charge is 0.410 e. The summed E-state index contributed by atoms with van der Waals surface area (Å²) in [4.78, 5) is 39.3. The number of amides is 1. The molecule has 1 aliphatic rings. The van der Waals surface area contributed by atoms with E-state index in [1.807, 2.05) is 20.8 Å². The van der Waals surface area contributed by atoms with Crippen LogP contribution in [0, 0.1) is 18.6 Å². The predicted molar refractivity (Wildman–Crippen MR) is 176 cm³/mol. The van der Waals surface area contributed by atoms with Crippen molar-refractivity contribution in [2.45, 2.75) is 72.6 Å². The van der Waals surface area contributed by atoms with Crippen molar-refractivity contribution in [3.8, 4) is 22.6 Å². The standard InChI is InChI=1S/C35H41F2N5O5/c1-19(2)29-30(20(3)12-13-38-29)42-31-23(16-24(36)27(28(31)37)26-22(18-43)10-9-11-25(26)46-8)32(39-33(42)44)41-15-14-40(17-21(41)4)34(45)47-35(5,6)7/h9-13,16,19,21,43H,14-15,17-18H2,1-8H3/t21-/m0/s1. The third-order valence-electron chi connectivity index (χ3n) is 8.28. The van der Waals surface area contributed by atoms with Crippen LogP contribution in [0.4, 0.5) is 19.4 Å². The minimum Gasteiger partial charge on any atom is -0.496 e. The van der Waals surface area contributed by atoms with E-state index in [-0.39, 0.29) is 65.2 Å². The van der Waals surface area contributed by atoms with Gasteiger partial charge in [0.1, 0.15) is 23.0 Å². The average Bonchev–Trinajstić information content (AvgIpc) is 3.00. The molecule has 0 unspecified atom stereocenters.